The molecule has 4 nitrogen and oxygen atoms in total. The first-order valence-electron chi connectivity index (χ1n) is 5.37. The van der Waals surface area contributed by atoms with Gasteiger partial charge in [0.05, 0.1) is 13.2 Å². The van der Waals surface area contributed by atoms with E-state index in [1.54, 1.807) is 6.07 Å². The second-order valence-corrected chi connectivity index (χ2v) is 3.78. The number of carbonyl (C=O) groups excluding carboxylic acids is 1. The molecule has 4 heteroatoms. The minimum Gasteiger partial charge on any atom is -0.381 e. The minimum absolute atomic E-state index is 0.540. The Labute approximate surface area is 94.4 Å². The summed E-state index contributed by atoms with van der Waals surface area (Å²) in [6.45, 7) is 3.14. The minimum atomic E-state index is -1.03. The summed E-state index contributed by atoms with van der Waals surface area (Å²) in [5, 5.41) is 9.44. The molecule has 2 rings (SSSR count). The van der Waals surface area contributed by atoms with Gasteiger partial charge in [-0.15, -0.1) is 0 Å². The van der Waals surface area contributed by atoms with E-state index in [-0.39, 0.29) is 0 Å². The van der Waals surface area contributed by atoms with E-state index >= 15 is 0 Å². The Balaban J connectivity index is 2.17. The number of nitrogens with zero attached hydrogens (tertiary/aromatic N) is 1. The average Bonchev–Trinajstić information content (AvgIpc) is 2.39. The summed E-state index contributed by atoms with van der Waals surface area (Å²) in [4.78, 5) is 12.7. The van der Waals surface area contributed by atoms with Crippen LogP contribution in [0.2, 0.25) is 0 Å². The number of hydrogen-bond acceptors (Lipinski definition) is 4. The highest BCUT2D eigenvalue weighted by Crippen LogP contribution is 2.20. The fourth-order valence-electron chi connectivity index (χ4n) is 1.81. The van der Waals surface area contributed by atoms with Gasteiger partial charge in [-0.1, -0.05) is 12.1 Å². The first kappa shape index (κ1) is 11.1. The van der Waals surface area contributed by atoms with Crippen LogP contribution in [-0.2, 0) is 9.53 Å². The average molecular weight is 221 g/mol. The maximum atomic E-state index is 10.5. The highest BCUT2D eigenvalue weighted by Gasteiger charge is 2.13. The predicted molar refractivity (Wildman–Crippen MR) is 60.5 cm³/mol. The highest BCUT2D eigenvalue weighted by molar-refractivity contribution is 5.61. The van der Waals surface area contributed by atoms with Crippen LogP contribution in [-0.4, -0.2) is 37.7 Å². The molecule has 1 aliphatic heterocycles. The number of morpholine rings is 1. The van der Waals surface area contributed by atoms with E-state index in [0.717, 1.165) is 32.0 Å². The fourth-order valence-corrected chi connectivity index (χ4v) is 1.81. The molecular formula is C12H15NO3. The van der Waals surface area contributed by atoms with Crippen molar-refractivity contribution in [3.8, 4) is 0 Å². The van der Waals surface area contributed by atoms with Crippen molar-refractivity contribution >= 4 is 12.0 Å². The molecule has 0 aromatic heterocycles. The summed E-state index contributed by atoms with van der Waals surface area (Å²) in [5.41, 5.74) is 1.67. The predicted octanol–water partition coefficient (Wildman–Crippen LogP) is 0.756. The lowest BCUT2D eigenvalue weighted by molar-refractivity contribution is -0.115. The summed E-state index contributed by atoms with van der Waals surface area (Å²) in [6, 6.07) is 7.44. The van der Waals surface area contributed by atoms with E-state index in [4.69, 9.17) is 4.74 Å². The standard InChI is InChI=1S/C12H15NO3/c14-9-12(15)10-2-1-3-11(8-10)13-4-6-16-7-5-13/h1-3,8-9,12,15H,4-7H2. The molecule has 1 atom stereocenters. The van der Waals surface area contributed by atoms with Gasteiger partial charge in [-0.05, 0) is 17.7 Å². The molecular weight excluding hydrogens is 206 g/mol. The molecule has 16 heavy (non-hydrogen) atoms. The van der Waals surface area contributed by atoms with E-state index in [9.17, 15) is 9.90 Å². The van der Waals surface area contributed by atoms with Gasteiger partial charge in [0.2, 0.25) is 0 Å². The molecule has 0 radical (unpaired) electrons. The zero-order valence-corrected chi connectivity index (χ0v) is 9.00. The van der Waals surface area contributed by atoms with Crippen molar-refractivity contribution in [3.05, 3.63) is 29.8 Å². The number of aliphatic hydroxyl groups is 1. The molecule has 1 heterocycles. The molecule has 0 aliphatic carbocycles. The summed E-state index contributed by atoms with van der Waals surface area (Å²) in [5.74, 6) is 0. The Kier molecular flexibility index (Phi) is 3.54. The van der Waals surface area contributed by atoms with Gasteiger partial charge in [-0.25, -0.2) is 0 Å². The van der Waals surface area contributed by atoms with E-state index in [0.29, 0.717) is 11.8 Å². The van der Waals surface area contributed by atoms with Gasteiger partial charge in [0.15, 0.2) is 6.29 Å². The van der Waals surface area contributed by atoms with Crippen LogP contribution in [0.1, 0.15) is 11.7 Å². The molecule has 1 N–H and O–H groups in total. The van der Waals surface area contributed by atoms with Crippen LogP contribution in [0.25, 0.3) is 0 Å². The monoisotopic (exact) mass is 221 g/mol. The van der Waals surface area contributed by atoms with Crippen molar-refractivity contribution in [2.24, 2.45) is 0 Å². The zero-order chi connectivity index (χ0) is 11.4. The Bertz CT molecular complexity index is 361. The molecule has 0 amide bonds. The Morgan fingerprint density at radius 1 is 1.38 bits per heavy atom. The first-order valence-corrected chi connectivity index (χ1v) is 5.37. The maximum absolute atomic E-state index is 10.5. The molecule has 1 aromatic carbocycles. The number of benzene rings is 1. The molecule has 1 unspecified atom stereocenters. The summed E-state index contributed by atoms with van der Waals surface area (Å²) < 4.78 is 5.27. The molecule has 0 saturated carbocycles. The second-order valence-electron chi connectivity index (χ2n) is 3.78. The van der Waals surface area contributed by atoms with Crippen LogP contribution < -0.4 is 4.90 Å². The molecule has 0 spiro atoms. The van der Waals surface area contributed by atoms with Crippen molar-refractivity contribution in [2.45, 2.75) is 6.10 Å². The van der Waals surface area contributed by atoms with Gasteiger partial charge in [-0.3, -0.25) is 0 Å². The van der Waals surface area contributed by atoms with E-state index in [1.165, 1.54) is 0 Å². The third-order valence-electron chi connectivity index (χ3n) is 2.72. The lowest BCUT2D eigenvalue weighted by Crippen LogP contribution is -2.36. The second kappa shape index (κ2) is 5.09. The Morgan fingerprint density at radius 3 is 2.81 bits per heavy atom. The van der Waals surface area contributed by atoms with Crippen LogP contribution in [0.3, 0.4) is 0 Å². The van der Waals surface area contributed by atoms with Crippen molar-refractivity contribution in [1.82, 2.24) is 0 Å². The van der Waals surface area contributed by atoms with Gasteiger partial charge >= 0.3 is 0 Å². The number of anilines is 1. The van der Waals surface area contributed by atoms with Crippen LogP contribution >= 0.6 is 0 Å². The molecule has 1 aromatic rings. The lowest BCUT2D eigenvalue weighted by Gasteiger charge is -2.29. The molecule has 1 saturated heterocycles. The van der Waals surface area contributed by atoms with Gasteiger partial charge in [0.25, 0.3) is 0 Å². The third kappa shape index (κ3) is 2.40. The summed E-state index contributed by atoms with van der Waals surface area (Å²) in [7, 11) is 0. The molecule has 1 fully saturated rings. The van der Waals surface area contributed by atoms with Crippen LogP contribution in [0.15, 0.2) is 24.3 Å². The van der Waals surface area contributed by atoms with Gasteiger partial charge in [-0.2, -0.15) is 0 Å². The molecule has 1 aliphatic rings. The van der Waals surface area contributed by atoms with Gasteiger partial charge in [0, 0.05) is 18.8 Å². The van der Waals surface area contributed by atoms with Crippen molar-refractivity contribution in [1.29, 1.82) is 0 Å². The number of hydrogen-bond donors (Lipinski definition) is 1. The van der Waals surface area contributed by atoms with Gasteiger partial charge < -0.3 is 19.5 Å². The maximum Gasteiger partial charge on any atom is 0.153 e. The lowest BCUT2D eigenvalue weighted by atomic mass is 10.1. The number of ether oxygens (including phenoxy) is 1. The Hall–Kier alpha value is -1.39. The van der Waals surface area contributed by atoms with Crippen LogP contribution in [0.5, 0.6) is 0 Å². The molecule has 0 bridgehead atoms. The number of carbonyl (C=O) groups is 1. The number of aliphatic hydroxyl groups excluding tert-OH is 1. The summed E-state index contributed by atoms with van der Waals surface area (Å²) >= 11 is 0. The SMILES string of the molecule is O=CC(O)c1cccc(N2CCOCC2)c1. The fraction of sp³-hybridized carbons (Fsp3) is 0.417. The first-order chi connectivity index (χ1) is 7.81. The molecule has 86 valence electrons. The largest absolute Gasteiger partial charge is 0.381 e. The van der Waals surface area contributed by atoms with E-state index in [2.05, 4.69) is 4.90 Å². The van der Waals surface area contributed by atoms with Crippen molar-refractivity contribution < 1.29 is 14.6 Å². The van der Waals surface area contributed by atoms with Gasteiger partial charge in [0.1, 0.15) is 6.10 Å². The highest BCUT2D eigenvalue weighted by atomic mass is 16.5. The van der Waals surface area contributed by atoms with E-state index < -0.39 is 6.10 Å². The zero-order valence-electron chi connectivity index (χ0n) is 9.00. The topological polar surface area (TPSA) is 49.8 Å². The van der Waals surface area contributed by atoms with Crippen LogP contribution in [0.4, 0.5) is 5.69 Å². The normalized spacial score (nSPS) is 18.2. The third-order valence-corrected chi connectivity index (χ3v) is 2.72. The van der Waals surface area contributed by atoms with E-state index in [1.807, 2.05) is 18.2 Å². The Morgan fingerprint density at radius 2 is 2.12 bits per heavy atom. The van der Waals surface area contributed by atoms with Crippen LogP contribution in [0, 0.1) is 0 Å². The number of rotatable bonds is 3. The summed E-state index contributed by atoms with van der Waals surface area (Å²) in [6.07, 6.45) is -0.487. The smallest absolute Gasteiger partial charge is 0.153 e. The van der Waals surface area contributed by atoms with Crippen molar-refractivity contribution in [2.75, 3.05) is 31.2 Å². The number of aldehydes is 1. The van der Waals surface area contributed by atoms with Crippen molar-refractivity contribution in [3.63, 3.8) is 0 Å². The quantitative estimate of drug-likeness (QED) is 0.765.